The molecule has 0 bridgehead atoms. The van der Waals surface area contributed by atoms with Crippen LogP contribution in [0.15, 0.2) is 12.1 Å². The highest BCUT2D eigenvalue weighted by Gasteiger charge is 2.12. The van der Waals surface area contributed by atoms with Gasteiger partial charge in [-0.25, -0.2) is 0 Å². The third kappa shape index (κ3) is 2.29. The molecule has 0 amide bonds. The zero-order valence-electron chi connectivity index (χ0n) is 9.59. The van der Waals surface area contributed by atoms with Crippen LogP contribution in [0.5, 0.6) is 11.5 Å². The van der Waals surface area contributed by atoms with Gasteiger partial charge in [0, 0.05) is 5.56 Å². The van der Waals surface area contributed by atoms with Crippen LogP contribution in [0.2, 0.25) is 0 Å². The second-order valence-corrected chi connectivity index (χ2v) is 3.27. The summed E-state index contributed by atoms with van der Waals surface area (Å²) in [4.78, 5) is 11.4. The number of benzene rings is 1. The van der Waals surface area contributed by atoms with Crippen molar-refractivity contribution in [2.75, 3.05) is 14.2 Å². The van der Waals surface area contributed by atoms with Gasteiger partial charge in [0.25, 0.3) is 0 Å². The number of hydrogen-bond donors (Lipinski definition) is 0. The molecule has 0 N–H and O–H groups in total. The van der Waals surface area contributed by atoms with Crippen molar-refractivity contribution in [3.05, 3.63) is 23.3 Å². The lowest BCUT2D eigenvalue weighted by Crippen LogP contribution is -2.01. The molecule has 0 radical (unpaired) electrons. The van der Waals surface area contributed by atoms with Crippen LogP contribution >= 0.6 is 0 Å². The molecule has 0 saturated heterocycles. The molecule has 3 nitrogen and oxygen atoms in total. The Hall–Kier alpha value is -1.51. The van der Waals surface area contributed by atoms with Crippen molar-refractivity contribution < 1.29 is 14.3 Å². The Morgan fingerprint density at radius 1 is 1.20 bits per heavy atom. The largest absolute Gasteiger partial charge is 0.493 e. The number of carbonyl (C=O) groups excluding carboxylic acids is 1. The molecule has 1 aromatic rings. The van der Waals surface area contributed by atoms with Crippen LogP contribution in [0.25, 0.3) is 0 Å². The second kappa shape index (κ2) is 4.82. The number of hydrogen-bond acceptors (Lipinski definition) is 3. The maximum Gasteiger partial charge on any atom is 0.161 e. The number of Topliss-reactive ketones (excluding diaryl/α,β-unsaturated/α-hetero) is 1. The van der Waals surface area contributed by atoms with Gasteiger partial charge in [-0.1, -0.05) is 6.92 Å². The Labute approximate surface area is 90.0 Å². The summed E-state index contributed by atoms with van der Waals surface area (Å²) < 4.78 is 10.3. The van der Waals surface area contributed by atoms with Gasteiger partial charge in [-0.15, -0.1) is 0 Å². The van der Waals surface area contributed by atoms with Crippen LogP contribution in [0, 0.1) is 0 Å². The fourth-order valence-electron chi connectivity index (χ4n) is 1.54. The summed E-state index contributed by atoms with van der Waals surface area (Å²) in [5, 5.41) is 0. The van der Waals surface area contributed by atoms with Gasteiger partial charge in [0.05, 0.1) is 14.2 Å². The van der Waals surface area contributed by atoms with E-state index < -0.39 is 0 Å². The first-order valence-electron chi connectivity index (χ1n) is 4.89. The van der Waals surface area contributed by atoms with Crippen molar-refractivity contribution in [1.82, 2.24) is 0 Å². The SMILES string of the molecule is CCc1cc(OC)c(OC)cc1C(C)=O. The minimum absolute atomic E-state index is 0.0489. The molecule has 0 heterocycles. The molecule has 0 unspecified atom stereocenters. The maximum absolute atomic E-state index is 11.4. The molecule has 0 aliphatic rings. The first-order valence-corrected chi connectivity index (χ1v) is 4.89. The molecule has 82 valence electrons. The molecule has 0 fully saturated rings. The summed E-state index contributed by atoms with van der Waals surface area (Å²) in [6, 6.07) is 3.59. The molecular weight excluding hydrogens is 192 g/mol. The highest BCUT2D eigenvalue weighted by atomic mass is 16.5. The van der Waals surface area contributed by atoms with E-state index in [4.69, 9.17) is 9.47 Å². The van der Waals surface area contributed by atoms with Gasteiger partial charge < -0.3 is 9.47 Å². The number of aryl methyl sites for hydroxylation is 1. The Bertz CT molecular complexity index is 369. The standard InChI is InChI=1S/C12H16O3/c1-5-9-6-11(14-3)12(15-4)7-10(9)8(2)13/h6-7H,5H2,1-4H3. The zero-order chi connectivity index (χ0) is 11.4. The zero-order valence-corrected chi connectivity index (χ0v) is 9.59. The predicted octanol–water partition coefficient (Wildman–Crippen LogP) is 2.47. The molecule has 3 heteroatoms. The van der Waals surface area contributed by atoms with Crippen LogP contribution in [0.3, 0.4) is 0 Å². The average Bonchev–Trinajstić information content (AvgIpc) is 2.26. The highest BCUT2D eigenvalue weighted by Crippen LogP contribution is 2.30. The molecule has 0 spiro atoms. The Morgan fingerprint density at radius 2 is 1.73 bits per heavy atom. The number of methoxy groups -OCH3 is 2. The van der Waals surface area contributed by atoms with Gasteiger partial charge in [0.1, 0.15) is 0 Å². The van der Waals surface area contributed by atoms with E-state index in [1.165, 1.54) is 0 Å². The van der Waals surface area contributed by atoms with Gasteiger partial charge in [0.2, 0.25) is 0 Å². The number of carbonyl (C=O) groups is 1. The summed E-state index contributed by atoms with van der Waals surface area (Å²) in [5.74, 6) is 1.31. The van der Waals surface area contributed by atoms with E-state index in [2.05, 4.69) is 0 Å². The molecule has 0 aromatic heterocycles. The van der Waals surface area contributed by atoms with Gasteiger partial charge in [-0.2, -0.15) is 0 Å². The third-order valence-corrected chi connectivity index (χ3v) is 2.37. The normalized spacial score (nSPS) is 9.87. The minimum Gasteiger partial charge on any atom is -0.493 e. The van der Waals surface area contributed by atoms with E-state index in [0.29, 0.717) is 17.1 Å². The van der Waals surface area contributed by atoms with Crippen molar-refractivity contribution >= 4 is 5.78 Å². The lowest BCUT2D eigenvalue weighted by molar-refractivity contribution is 0.101. The fourth-order valence-corrected chi connectivity index (χ4v) is 1.54. The molecule has 1 rings (SSSR count). The molecule has 1 aromatic carbocycles. The van der Waals surface area contributed by atoms with E-state index in [0.717, 1.165) is 12.0 Å². The van der Waals surface area contributed by atoms with Gasteiger partial charge in [-0.05, 0) is 31.0 Å². The third-order valence-electron chi connectivity index (χ3n) is 2.37. The van der Waals surface area contributed by atoms with Crippen molar-refractivity contribution in [2.45, 2.75) is 20.3 Å². The quantitative estimate of drug-likeness (QED) is 0.713. The Morgan fingerprint density at radius 3 is 2.13 bits per heavy atom. The van der Waals surface area contributed by atoms with E-state index in [-0.39, 0.29) is 5.78 Å². The first-order chi connectivity index (χ1) is 7.13. The summed E-state index contributed by atoms with van der Waals surface area (Å²) >= 11 is 0. The summed E-state index contributed by atoms with van der Waals surface area (Å²) in [6.45, 7) is 3.56. The Kier molecular flexibility index (Phi) is 3.72. The fraction of sp³-hybridized carbons (Fsp3) is 0.417. The van der Waals surface area contributed by atoms with Crippen molar-refractivity contribution in [3.8, 4) is 11.5 Å². The smallest absolute Gasteiger partial charge is 0.161 e. The van der Waals surface area contributed by atoms with E-state index in [1.54, 1.807) is 27.2 Å². The average molecular weight is 208 g/mol. The summed E-state index contributed by atoms with van der Waals surface area (Å²) in [6.07, 6.45) is 0.801. The maximum atomic E-state index is 11.4. The van der Waals surface area contributed by atoms with Crippen LogP contribution in [0.1, 0.15) is 29.8 Å². The second-order valence-electron chi connectivity index (χ2n) is 3.27. The van der Waals surface area contributed by atoms with Crippen molar-refractivity contribution in [2.24, 2.45) is 0 Å². The lowest BCUT2D eigenvalue weighted by Gasteiger charge is -2.12. The molecule has 0 atom stereocenters. The van der Waals surface area contributed by atoms with Crippen LogP contribution < -0.4 is 9.47 Å². The van der Waals surface area contributed by atoms with E-state index in [1.807, 2.05) is 13.0 Å². The van der Waals surface area contributed by atoms with Crippen molar-refractivity contribution in [3.63, 3.8) is 0 Å². The van der Waals surface area contributed by atoms with E-state index in [9.17, 15) is 4.79 Å². The van der Waals surface area contributed by atoms with Gasteiger partial charge in [-0.3, -0.25) is 4.79 Å². The first kappa shape index (κ1) is 11.6. The number of rotatable bonds is 4. The van der Waals surface area contributed by atoms with Gasteiger partial charge >= 0.3 is 0 Å². The number of ketones is 1. The predicted molar refractivity (Wildman–Crippen MR) is 58.9 cm³/mol. The monoisotopic (exact) mass is 208 g/mol. The molecular formula is C12H16O3. The van der Waals surface area contributed by atoms with Crippen molar-refractivity contribution in [1.29, 1.82) is 0 Å². The molecule has 0 saturated carbocycles. The molecule has 0 aliphatic heterocycles. The van der Waals surface area contributed by atoms with Crippen LogP contribution in [-0.4, -0.2) is 20.0 Å². The topological polar surface area (TPSA) is 35.5 Å². The lowest BCUT2D eigenvalue weighted by atomic mass is 10.0. The number of ether oxygens (including phenoxy) is 2. The minimum atomic E-state index is 0.0489. The molecule has 0 aliphatic carbocycles. The Balaban J connectivity index is 3.34. The van der Waals surface area contributed by atoms with Crippen LogP contribution in [-0.2, 0) is 6.42 Å². The van der Waals surface area contributed by atoms with E-state index >= 15 is 0 Å². The summed E-state index contributed by atoms with van der Waals surface area (Å²) in [5.41, 5.74) is 1.69. The van der Waals surface area contributed by atoms with Gasteiger partial charge in [0.15, 0.2) is 17.3 Å². The molecule has 15 heavy (non-hydrogen) atoms. The summed E-state index contributed by atoms with van der Waals surface area (Å²) in [7, 11) is 3.15. The highest BCUT2D eigenvalue weighted by molar-refractivity contribution is 5.96. The van der Waals surface area contributed by atoms with Crippen LogP contribution in [0.4, 0.5) is 0 Å².